The zero-order valence-electron chi connectivity index (χ0n) is 21.1. The molecule has 1 fully saturated rings. The molecule has 1 aromatic heterocycles. The average Bonchev–Trinajstić information content (AvgIpc) is 3.19. The smallest absolute Gasteiger partial charge is 0.260 e. The van der Waals surface area contributed by atoms with E-state index in [2.05, 4.69) is 15.2 Å². The van der Waals surface area contributed by atoms with Gasteiger partial charge in [0.15, 0.2) is 0 Å². The minimum absolute atomic E-state index is 0.0130. The van der Waals surface area contributed by atoms with Crippen LogP contribution in [-0.4, -0.2) is 65.6 Å². The molecular formula is C28H33F5N4. The Balaban J connectivity index is 1.50. The van der Waals surface area contributed by atoms with Gasteiger partial charge in [-0.2, -0.15) is 0 Å². The molecule has 3 heterocycles. The summed E-state index contributed by atoms with van der Waals surface area (Å²) in [5.74, 6) is -4.54. The molecule has 37 heavy (non-hydrogen) atoms. The molecule has 2 aromatic carbocycles. The van der Waals surface area contributed by atoms with Gasteiger partial charge >= 0.3 is 0 Å². The van der Waals surface area contributed by atoms with Crippen LogP contribution in [0.5, 0.6) is 0 Å². The number of nitrogens with zero attached hydrogens (tertiary/aromatic N) is 2. The SMILES string of the molecule is CCC(F)(F)CN1C(C)Cc2c([nH]c3ccccc23)[C@H]1c1c(F)cc(NC2CN(CCCF)C2)cc1F. The van der Waals surface area contributed by atoms with Gasteiger partial charge in [0, 0.05) is 59.9 Å². The molecule has 2 N–H and O–H groups in total. The molecule has 2 atom stereocenters. The summed E-state index contributed by atoms with van der Waals surface area (Å²) in [5.41, 5.74) is 2.37. The summed E-state index contributed by atoms with van der Waals surface area (Å²) in [6.07, 6.45) is 0.604. The average molecular weight is 521 g/mol. The van der Waals surface area contributed by atoms with Gasteiger partial charge in [0.2, 0.25) is 0 Å². The number of alkyl halides is 3. The number of benzene rings is 2. The molecule has 200 valence electrons. The topological polar surface area (TPSA) is 34.3 Å². The summed E-state index contributed by atoms with van der Waals surface area (Å²) in [7, 11) is 0. The lowest BCUT2D eigenvalue weighted by Gasteiger charge is -2.42. The van der Waals surface area contributed by atoms with E-state index in [-0.39, 0.29) is 30.7 Å². The molecule has 0 amide bonds. The van der Waals surface area contributed by atoms with Crippen molar-refractivity contribution in [2.24, 2.45) is 0 Å². The second-order valence-electron chi connectivity index (χ2n) is 10.4. The summed E-state index contributed by atoms with van der Waals surface area (Å²) < 4.78 is 73.2. The Kier molecular flexibility index (Phi) is 7.20. The van der Waals surface area contributed by atoms with E-state index < -0.39 is 30.1 Å². The minimum Gasteiger partial charge on any atom is -0.380 e. The van der Waals surface area contributed by atoms with E-state index in [1.165, 1.54) is 24.0 Å². The first-order valence-electron chi connectivity index (χ1n) is 13.0. The van der Waals surface area contributed by atoms with Crippen LogP contribution in [0.15, 0.2) is 36.4 Å². The standard InChI is InChI=1S/C28H33F5N4/c1-3-28(32,33)16-37-17(2)11-21-20-7-4-5-8-24(20)35-26(21)27(37)25-22(30)12-18(13-23(25)31)34-19-14-36(15-19)10-6-9-29/h4-5,7-8,12-13,17,19,27,34-35H,3,6,9-11,14-16H2,1-2H3/t17?,27-/m1/s1. The molecule has 4 nitrogen and oxygen atoms in total. The Morgan fingerprint density at radius 2 is 1.81 bits per heavy atom. The van der Waals surface area contributed by atoms with Crippen molar-refractivity contribution in [2.45, 2.75) is 57.2 Å². The third kappa shape index (κ3) is 5.08. The van der Waals surface area contributed by atoms with Gasteiger partial charge in [0.1, 0.15) is 11.6 Å². The van der Waals surface area contributed by atoms with E-state index in [9.17, 15) is 13.2 Å². The highest BCUT2D eigenvalue weighted by molar-refractivity contribution is 5.85. The first kappa shape index (κ1) is 26.0. The molecule has 0 spiro atoms. The maximum Gasteiger partial charge on any atom is 0.260 e. The highest BCUT2D eigenvalue weighted by atomic mass is 19.3. The second kappa shape index (κ2) is 10.3. The third-order valence-corrected chi connectivity index (χ3v) is 7.74. The molecule has 5 rings (SSSR count). The second-order valence-corrected chi connectivity index (χ2v) is 10.4. The number of fused-ring (bicyclic) bond motifs is 3. The number of likely N-dealkylation sites (tertiary alicyclic amines) is 1. The molecule has 0 bridgehead atoms. The molecule has 1 saturated heterocycles. The van der Waals surface area contributed by atoms with Crippen molar-refractivity contribution in [3.63, 3.8) is 0 Å². The lowest BCUT2D eigenvalue weighted by atomic mass is 9.87. The van der Waals surface area contributed by atoms with Crippen LogP contribution in [0.3, 0.4) is 0 Å². The van der Waals surface area contributed by atoms with E-state index in [0.717, 1.165) is 16.5 Å². The Bertz CT molecular complexity index is 1230. The molecule has 3 aromatic rings. The predicted octanol–water partition coefficient (Wildman–Crippen LogP) is 6.28. The van der Waals surface area contributed by atoms with Crippen LogP contribution in [-0.2, 0) is 6.42 Å². The Hall–Kier alpha value is -2.65. The van der Waals surface area contributed by atoms with Gasteiger partial charge in [-0.25, -0.2) is 17.6 Å². The van der Waals surface area contributed by atoms with Crippen LogP contribution in [0.4, 0.5) is 27.6 Å². The zero-order valence-corrected chi connectivity index (χ0v) is 21.1. The molecule has 1 unspecified atom stereocenters. The van der Waals surface area contributed by atoms with Crippen molar-refractivity contribution in [3.8, 4) is 0 Å². The number of H-pyrrole nitrogens is 1. The number of anilines is 1. The van der Waals surface area contributed by atoms with E-state index in [1.807, 2.05) is 31.2 Å². The van der Waals surface area contributed by atoms with E-state index in [0.29, 0.717) is 43.9 Å². The lowest BCUT2D eigenvalue weighted by molar-refractivity contribution is -0.0551. The number of nitrogens with one attached hydrogen (secondary N) is 2. The van der Waals surface area contributed by atoms with Crippen LogP contribution < -0.4 is 5.32 Å². The molecule has 0 radical (unpaired) electrons. The quantitative estimate of drug-likeness (QED) is 0.326. The summed E-state index contributed by atoms with van der Waals surface area (Å²) in [6, 6.07) is 8.74. The molecule has 9 heteroatoms. The van der Waals surface area contributed by atoms with Crippen molar-refractivity contribution in [2.75, 3.05) is 38.2 Å². The maximum absolute atomic E-state index is 15.7. The van der Waals surface area contributed by atoms with Gasteiger partial charge in [0.25, 0.3) is 5.92 Å². The van der Waals surface area contributed by atoms with Crippen LogP contribution >= 0.6 is 0 Å². The van der Waals surface area contributed by atoms with Gasteiger partial charge in [-0.15, -0.1) is 0 Å². The van der Waals surface area contributed by atoms with Crippen LogP contribution in [0, 0.1) is 11.6 Å². The number of rotatable bonds is 9. The van der Waals surface area contributed by atoms with Gasteiger partial charge in [0.05, 0.1) is 25.3 Å². The Morgan fingerprint density at radius 1 is 1.11 bits per heavy atom. The summed E-state index contributed by atoms with van der Waals surface area (Å²) in [5, 5.41) is 4.09. The largest absolute Gasteiger partial charge is 0.380 e. The number of para-hydroxylation sites is 1. The highest BCUT2D eigenvalue weighted by Crippen LogP contribution is 2.44. The summed E-state index contributed by atoms with van der Waals surface area (Å²) in [4.78, 5) is 6.90. The normalized spacial score (nSPS) is 21.3. The molecule has 0 aliphatic carbocycles. The first-order chi connectivity index (χ1) is 17.7. The monoisotopic (exact) mass is 520 g/mol. The number of hydrogen-bond acceptors (Lipinski definition) is 3. The molecule has 2 aliphatic rings. The van der Waals surface area contributed by atoms with Crippen LogP contribution in [0.2, 0.25) is 0 Å². The number of aromatic nitrogens is 1. The Labute approximate surface area is 213 Å². The maximum atomic E-state index is 15.7. The van der Waals surface area contributed by atoms with Gasteiger partial charge < -0.3 is 10.3 Å². The number of aromatic amines is 1. The van der Waals surface area contributed by atoms with Gasteiger partial charge in [-0.1, -0.05) is 25.1 Å². The number of halogens is 5. The van der Waals surface area contributed by atoms with Crippen molar-refractivity contribution in [1.82, 2.24) is 14.8 Å². The Morgan fingerprint density at radius 3 is 2.49 bits per heavy atom. The predicted molar refractivity (Wildman–Crippen MR) is 136 cm³/mol. The molecule has 0 saturated carbocycles. The lowest BCUT2D eigenvalue weighted by Crippen LogP contribution is -2.54. The van der Waals surface area contributed by atoms with Crippen molar-refractivity contribution < 1.29 is 22.0 Å². The van der Waals surface area contributed by atoms with Crippen molar-refractivity contribution >= 4 is 16.6 Å². The van der Waals surface area contributed by atoms with E-state index in [4.69, 9.17) is 0 Å². The number of hydrogen-bond donors (Lipinski definition) is 2. The fourth-order valence-electron chi connectivity index (χ4n) is 5.74. The molecular weight excluding hydrogens is 487 g/mol. The molecule has 2 aliphatic heterocycles. The van der Waals surface area contributed by atoms with Crippen LogP contribution in [0.1, 0.15) is 49.6 Å². The summed E-state index contributed by atoms with van der Waals surface area (Å²) in [6.45, 7) is 4.28. The van der Waals surface area contributed by atoms with Gasteiger partial charge in [-0.3, -0.25) is 14.2 Å². The fraction of sp³-hybridized carbons (Fsp3) is 0.500. The van der Waals surface area contributed by atoms with Crippen molar-refractivity contribution in [1.29, 1.82) is 0 Å². The first-order valence-corrected chi connectivity index (χ1v) is 13.0. The zero-order chi connectivity index (χ0) is 26.3. The van der Waals surface area contributed by atoms with E-state index in [1.54, 1.807) is 0 Å². The summed E-state index contributed by atoms with van der Waals surface area (Å²) >= 11 is 0. The minimum atomic E-state index is -3.00. The van der Waals surface area contributed by atoms with Gasteiger partial charge in [-0.05, 0) is 43.5 Å². The van der Waals surface area contributed by atoms with Crippen molar-refractivity contribution in [3.05, 3.63) is 64.9 Å². The fourth-order valence-corrected chi connectivity index (χ4v) is 5.74. The third-order valence-electron chi connectivity index (χ3n) is 7.74. The van der Waals surface area contributed by atoms with E-state index >= 15 is 8.78 Å². The highest BCUT2D eigenvalue weighted by Gasteiger charge is 2.43. The van der Waals surface area contributed by atoms with Crippen LogP contribution in [0.25, 0.3) is 10.9 Å².